The summed E-state index contributed by atoms with van der Waals surface area (Å²) in [6.45, 7) is 2.85. The third kappa shape index (κ3) is 3.13. The van der Waals surface area contributed by atoms with E-state index in [0.717, 1.165) is 31.6 Å². The van der Waals surface area contributed by atoms with Crippen LogP contribution in [0.25, 0.3) is 0 Å². The van der Waals surface area contributed by atoms with Gasteiger partial charge in [-0.15, -0.1) is 12.4 Å². The summed E-state index contributed by atoms with van der Waals surface area (Å²) in [5.74, 6) is 1.33. The molecule has 112 valence electrons. The molecule has 2 fully saturated rings. The molecule has 1 saturated heterocycles. The Bertz CT molecular complexity index is 455. The van der Waals surface area contributed by atoms with Crippen LogP contribution >= 0.6 is 12.4 Å². The van der Waals surface area contributed by atoms with Crippen molar-refractivity contribution < 1.29 is 8.78 Å². The zero-order chi connectivity index (χ0) is 13.4. The van der Waals surface area contributed by atoms with E-state index in [4.69, 9.17) is 5.73 Å². The van der Waals surface area contributed by atoms with E-state index in [1.54, 1.807) is 12.1 Å². The number of hydrogen-bond acceptors (Lipinski definition) is 2. The van der Waals surface area contributed by atoms with Gasteiger partial charge in [-0.1, -0.05) is 18.2 Å². The summed E-state index contributed by atoms with van der Waals surface area (Å²) in [6.07, 6.45) is -0.0185. The van der Waals surface area contributed by atoms with Crippen molar-refractivity contribution in [2.24, 2.45) is 17.6 Å². The van der Waals surface area contributed by atoms with E-state index in [0.29, 0.717) is 17.9 Å². The smallest absolute Gasteiger partial charge is 0.263 e. The van der Waals surface area contributed by atoms with Crippen molar-refractivity contribution in [2.75, 3.05) is 13.1 Å². The highest BCUT2D eigenvalue weighted by atomic mass is 35.5. The molecule has 2 nitrogen and oxygen atoms in total. The number of hydrogen-bond donors (Lipinski definition) is 1. The second-order valence-electron chi connectivity index (χ2n) is 5.90. The minimum absolute atomic E-state index is 0. The van der Waals surface area contributed by atoms with Crippen LogP contribution in [-0.2, 0) is 6.54 Å². The maximum absolute atomic E-state index is 12.7. The molecule has 20 heavy (non-hydrogen) atoms. The molecule has 1 aromatic rings. The number of fused-ring (bicyclic) bond motifs is 1. The second kappa shape index (κ2) is 6.37. The first kappa shape index (κ1) is 15.7. The first-order valence-corrected chi connectivity index (χ1v) is 6.98. The largest absolute Gasteiger partial charge is 0.327 e. The number of alkyl halides is 2. The molecule has 0 spiro atoms. The summed E-state index contributed by atoms with van der Waals surface area (Å²) in [7, 11) is 0. The van der Waals surface area contributed by atoms with E-state index >= 15 is 0 Å². The van der Waals surface area contributed by atoms with Crippen molar-refractivity contribution in [1.29, 1.82) is 0 Å². The maximum atomic E-state index is 12.7. The second-order valence-corrected chi connectivity index (χ2v) is 5.90. The molecule has 1 aliphatic carbocycles. The Kier molecular flexibility index (Phi) is 4.99. The zero-order valence-electron chi connectivity index (χ0n) is 11.3. The lowest BCUT2D eigenvalue weighted by molar-refractivity contribution is 0.151. The van der Waals surface area contributed by atoms with Crippen LogP contribution < -0.4 is 5.73 Å². The van der Waals surface area contributed by atoms with E-state index in [-0.39, 0.29) is 18.0 Å². The van der Waals surface area contributed by atoms with Crippen LogP contribution in [0, 0.1) is 11.8 Å². The number of likely N-dealkylation sites (tertiary alicyclic amines) is 1. The highest BCUT2D eigenvalue weighted by Crippen LogP contribution is 2.37. The van der Waals surface area contributed by atoms with Crippen LogP contribution in [0.5, 0.6) is 0 Å². The zero-order valence-corrected chi connectivity index (χ0v) is 12.2. The molecule has 0 bridgehead atoms. The lowest BCUT2D eigenvalue weighted by atomic mass is 9.98. The Morgan fingerprint density at radius 1 is 1.25 bits per heavy atom. The van der Waals surface area contributed by atoms with Crippen molar-refractivity contribution in [3.05, 3.63) is 35.4 Å². The van der Waals surface area contributed by atoms with Gasteiger partial charge >= 0.3 is 0 Å². The molecule has 0 amide bonds. The topological polar surface area (TPSA) is 29.3 Å². The molecule has 1 saturated carbocycles. The fraction of sp³-hybridized carbons (Fsp3) is 0.600. The Balaban J connectivity index is 0.00000147. The van der Waals surface area contributed by atoms with Gasteiger partial charge in [-0.25, -0.2) is 8.78 Å². The number of benzene rings is 1. The summed E-state index contributed by atoms with van der Waals surface area (Å²) >= 11 is 0. The lowest BCUT2D eigenvalue weighted by Gasteiger charge is -2.18. The first-order chi connectivity index (χ1) is 9.13. The number of rotatable bonds is 3. The normalized spacial score (nSPS) is 29.5. The third-order valence-corrected chi connectivity index (χ3v) is 4.60. The van der Waals surface area contributed by atoms with Crippen LogP contribution in [0.1, 0.15) is 30.4 Å². The molecule has 3 atom stereocenters. The van der Waals surface area contributed by atoms with Gasteiger partial charge < -0.3 is 5.73 Å². The molecule has 2 N–H and O–H groups in total. The van der Waals surface area contributed by atoms with Crippen molar-refractivity contribution >= 4 is 12.4 Å². The Morgan fingerprint density at radius 3 is 2.75 bits per heavy atom. The number of nitrogens with zero attached hydrogens (tertiary/aromatic N) is 1. The molecule has 5 heteroatoms. The van der Waals surface area contributed by atoms with Gasteiger partial charge in [-0.05, 0) is 36.3 Å². The van der Waals surface area contributed by atoms with Crippen LogP contribution in [-0.4, -0.2) is 24.0 Å². The summed E-state index contributed by atoms with van der Waals surface area (Å²) in [4.78, 5) is 2.36. The number of halogens is 3. The van der Waals surface area contributed by atoms with E-state index < -0.39 is 6.43 Å². The molecule has 1 aliphatic heterocycles. The summed E-state index contributed by atoms with van der Waals surface area (Å²) in [5, 5.41) is 0. The molecule has 1 aromatic carbocycles. The van der Waals surface area contributed by atoms with Gasteiger partial charge in [-0.3, -0.25) is 4.90 Å². The minimum atomic E-state index is -2.38. The van der Waals surface area contributed by atoms with Gasteiger partial charge in [0.2, 0.25) is 0 Å². The minimum Gasteiger partial charge on any atom is -0.327 e. The van der Waals surface area contributed by atoms with E-state index in [2.05, 4.69) is 4.90 Å². The van der Waals surface area contributed by atoms with Crippen molar-refractivity contribution in [3.63, 3.8) is 0 Å². The monoisotopic (exact) mass is 302 g/mol. The molecule has 2 aliphatic rings. The molecule has 3 rings (SSSR count). The average Bonchev–Trinajstić information content (AvgIpc) is 2.92. The standard InChI is InChI=1S/C15H20F2N2.ClH/c16-15(17)11-3-1-2-10(6-11)7-19-8-12-4-5-14(18)13(12)9-19;/h1-3,6,12-15H,4-5,7-9,18H2;1H. The Hall–Kier alpha value is -0.710. The van der Waals surface area contributed by atoms with Crippen LogP contribution in [0.3, 0.4) is 0 Å². The van der Waals surface area contributed by atoms with Gasteiger partial charge in [-0.2, -0.15) is 0 Å². The fourth-order valence-electron chi connectivity index (χ4n) is 3.61. The average molecular weight is 303 g/mol. The number of nitrogens with two attached hydrogens (primary N) is 1. The highest BCUT2D eigenvalue weighted by molar-refractivity contribution is 5.85. The maximum Gasteiger partial charge on any atom is 0.263 e. The summed E-state index contributed by atoms with van der Waals surface area (Å²) in [5.41, 5.74) is 7.21. The van der Waals surface area contributed by atoms with E-state index in [9.17, 15) is 8.78 Å². The van der Waals surface area contributed by atoms with Gasteiger partial charge in [0, 0.05) is 31.2 Å². The molecule has 0 radical (unpaired) electrons. The SMILES string of the molecule is Cl.NC1CCC2CN(Cc3cccc(C(F)F)c3)CC12. The van der Waals surface area contributed by atoms with Gasteiger partial charge in [0.1, 0.15) is 0 Å². The van der Waals surface area contributed by atoms with Gasteiger partial charge in [0.15, 0.2) is 0 Å². The van der Waals surface area contributed by atoms with Gasteiger partial charge in [0.05, 0.1) is 0 Å². The lowest BCUT2D eigenvalue weighted by Crippen LogP contribution is -2.30. The molecule has 3 unspecified atom stereocenters. The van der Waals surface area contributed by atoms with E-state index in [1.165, 1.54) is 12.5 Å². The molecule has 1 heterocycles. The molecular formula is C15H21ClF2N2. The fourth-order valence-corrected chi connectivity index (χ4v) is 3.61. The quantitative estimate of drug-likeness (QED) is 0.929. The van der Waals surface area contributed by atoms with Crippen LogP contribution in [0.4, 0.5) is 8.78 Å². The molecular weight excluding hydrogens is 282 g/mol. The van der Waals surface area contributed by atoms with Crippen LogP contribution in [0.2, 0.25) is 0 Å². The van der Waals surface area contributed by atoms with Crippen LogP contribution in [0.15, 0.2) is 24.3 Å². The predicted molar refractivity (Wildman–Crippen MR) is 78.1 cm³/mol. The van der Waals surface area contributed by atoms with Crippen molar-refractivity contribution in [2.45, 2.75) is 31.9 Å². The van der Waals surface area contributed by atoms with Crippen molar-refractivity contribution in [3.8, 4) is 0 Å². The van der Waals surface area contributed by atoms with Crippen molar-refractivity contribution in [1.82, 2.24) is 4.90 Å². The molecule has 0 aromatic heterocycles. The Labute approximate surface area is 124 Å². The Morgan fingerprint density at radius 2 is 2.05 bits per heavy atom. The third-order valence-electron chi connectivity index (χ3n) is 4.60. The summed E-state index contributed by atoms with van der Waals surface area (Å²) in [6, 6.07) is 7.10. The van der Waals surface area contributed by atoms with Gasteiger partial charge in [0.25, 0.3) is 6.43 Å². The first-order valence-electron chi connectivity index (χ1n) is 6.98. The predicted octanol–water partition coefficient (Wildman–Crippen LogP) is 3.22. The highest BCUT2D eigenvalue weighted by Gasteiger charge is 2.40. The van der Waals surface area contributed by atoms with E-state index in [1.807, 2.05) is 6.07 Å². The summed E-state index contributed by atoms with van der Waals surface area (Å²) < 4.78 is 25.3.